The molecule has 0 heterocycles. The molecule has 4 nitrogen and oxygen atoms in total. The summed E-state index contributed by atoms with van der Waals surface area (Å²) < 4.78 is 6.28. The van der Waals surface area contributed by atoms with Crippen LogP contribution in [-0.2, 0) is 4.79 Å². The number of fused-ring (bicyclic) bond motifs is 3. The fourth-order valence-corrected chi connectivity index (χ4v) is 5.32. The average Bonchev–Trinajstić information content (AvgIpc) is 3.01. The first-order chi connectivity index (χ1) is 19.7. The van der Waals surface area contributed by atoms with Gasteiger partial charge in [0.05, 0.1) is 0 Å². The lowest BCUT2D eigenvalue weighted by molar-refractivity contribution is -0.113. The first kappa shape index (κ1) is 23.6. The molecule has 0 unspecified atom stereocenters. The molecule has 1 aliphatic rings. The zero-order chi connectivity index (χ0) is 27.1. The fourth-order valence-electron chi connectivity index (χ4n) is 5.32. The number of nitrogens with zero attached hydrogens (tertiary/aromatic N) is 1. The Morgan fingerprint density at radius 2 is 0.925 bits per heavy atom. The van der Waals surface area contributed by atoms with Crippen LogP contribution in [0.2, 0.25) is 0 Å². The lowest BCUT2D eigenvalue weighted by Crippen LogP contribution is -2.32. The van der Waals surface area contributed by atoms with Crippen molar-refractivity contribution < 1.29 is 14.3 Å². The van der Waals surface area contributed by atoms with Crippen LogP contribution in [0.3, 0.4) is 0 Å². The molecule has 0 atom stereocenters. The van der Waals surface area contributed by atoms with E-state index in [-0.39, 0.29) is 5.76 Å². The highest BCUT2D eigenvalue weighted by atomic mass is 16.5. The molecular weight excluding hydrogens is 494 g/mol. The topological polar surface area (TPSA) is 46.6 Å². The fraction of sp³-hybridized carbons (Fsp3) is 0. The Labute approximate surface area is 231 Å². The molecule has 6 aromatic carbocycles. The van der Waals surface area contributed by atoms with Gasteiger partial charge in [-0.15, -0.1) is 0 Å². The predicted molar refractivity (Wildman–Crippen MR) is 160 cm³/mol. The number of hydrogen-bond donors (Lipinski definition) is 0. The average molecular weight is 518 g/mol. The van der Waals surface area contributed by atoms with Crippen LogP contribution in [-0.4, -0.2) is 11.6 Å². The summed E-state index contributed by atoms with van der Waals surface area (Å²) in [5.41, 5.74) is 3.20. The quantitative estimate of drug-likeness (QED) is 0.170. The lowest BCUT2D eigenvalue weighted by atomic mass is 9.87. The van der Waals surface area contributed by atoms with Crippen LogP contribution < -0.4 is 9.64 Å². The van der Waals surface area contributed by atoms with Gasteiger partial charge in [0.1, 0.15) is 11.4 Å². The van der Waals surface area contributed by atoms with Gasteiger partial charge >= 0.3 is 0 Å². The summed E-state index contributed by atoms with van der Waals surface area (Å²) in [6, 6.07) is 44.9. The molecule has 0 N–H and O–H groups in total. The van der Waals surface area contributed by atoms with Gasteiger partial charge in [-0.2, -0.15) is 0 Å². The van der Waals surface area contributed by atoms with E-state index in [0.29, 0.717) is 22.6 Å². The smallest absolute Gasteiger partial charge is 0.270 e. The Bertz CT molecular complexity index is 1910. The highest BCUT2D eigenvalue weighted by Gasteiger charge is 2.38. The monoisotopic (exact) mass is 517 g/mol. The zero-order valence-corrected chi connectivity index (χ0v) is 21.5. The number of para-hydroxylation sites is 3. The first-order valence-corrected chi connectivity index (χ1v) is 13.1. The van der Waals surface area contributed by atoms with Gasteiger partial charge in [-0.05, 0) is 82.2 Å². The molecule has 0 spiro atoms. The minimum atomic E-state index is -0.677. The number of ketones is 2. The van der Waals surface area contributed by atoms with Crippen LogP contribution in [0.15, 0.2) is 145 Å². The molecule has 7 rings (SSSR count). The van der Waals surface area contributed by atoms with E-state index in [1.165, 1.54) is 0 Å². The first-order valence-electron chi connectivity index (χ1n) is 13.1. The van der Waals surface area contributed by atoms with Gasteiger partial charge in [0.25, 0.3) is 5.78 Å². The second-order valence-corrected chi connectivity index (χ2v) is 9.70. The van der Waals surface area contributed by atoms with Crippen molar-refractivity contribution in [2.24, 2.45) is 0 Å². The largest absolute Gasteiger partial charge is 0.451 e. The molecule has 0 aromatic heterocycles. The molecule has 0 saturated heterocycles. The van der Waals surface area contributed by atoms with Crippen LogP contribution in [0.5, 0.6) is 5.75 Å². The summed E-state index contributed by atoms with van der Waals surface area (Å²) in [7, 11) is 0. The summed E-state index contributed by atoms with van der Waals surface area (Å²) in [4.78, 5) is 29.5. The maximum Gasteiger partial charge on any atom is 0.270 e. The van der Waals surface area contributed by atoms with E-state index in [2.05, 4.69) is 18.2 Å². The van der Waals surface area contributed by atoms with Crippen molar-refractivity contribution >= 4 is 50.2 Å². The number of carbonyl (C=O) groups is 2. The normalized spacial score (nSPS) is 13.0. The van der Waals surface area contributed by atoms with E-state index in [9.17, 15) is 9.59 Å². The van der Waals surface area contributed by atoms with Gasteiger partial charge in [-0.3, -0.25) is 9.59 Å². The minimum Gasteiger partial charge on any atom is -0.451 e. The van der Waals surface area contributed by atoms with Gasteiger partial charge < -0.3 is 9.64 Å². The Hall–Kier alpha value is -5.48. The highest BCUT2D eigenvalue weighted by Crippen LogP contribution is 2.42. The lowest BCUT2D eigenvalue weighted by Gasteiger charge is -2.32. The molecule has 0 amide bonds. The highest BCUT2D eigenvalue weighted by molar-refractivity contribution is 6.52. The van der Waals surface area contributed by atoms with Crippen molar-refractivity contribution in [3.63, 3.8) is 0 Å². The van der Waals surface area contributed by atoms with Crippen molar-refractivity contribution in [1.82, 2.24) is 0 Å². The Morgan fingerprint density at radius 3 is 1.48 bits per heavy atom. The number of hydrogen-bond acceptors (Lipinski definition) is 4. The van der Waals surface area contributed by atoms with Gasteiger partial charge in [-0.25, -0.2) is 0 Å². The van der Waals surface area contributed by atoms with Crippen LogP contribution in [0.4, 0.5) is 11.4 Å². The number of allylic oxidation sites excluding steroid dienone is 1. The van der Waals surface area contributed by atoms with Crippen molar-refractivity contribution in [2.45, 2.75) is 0 Å². The van der Waals surface area contributed by atoms with Gasteiger partial charge in [0.15, 0.2) is 0 Å². The summed E-state index contributed by atoms with van der Waals surface area (Å²) in [6.07, 6.45) is 0. The van der Waals surface area contributed by atoms with E-state index >= 15 is 0 Å². The van der Waals surface area contributed by atoms with E-state index in [0.717, 1.165) is 32.9 Å². The van der Waals surface area contributed by atoms with Crippen molar-refractivity contribution in [1.29, 1.82) is 0 Å². The second kappa shape index (κ2) is 9.68. The summed E-state index contributed by atoms with van der Waals surface area (Å²) in [5.74, 6) is -0.784. The van der Waals surface area contributed by atoms with Crippen LogP contribution in [0, 0.1) is 0 Å². The minimum absolute atomic E-state index is 0.00320. The molecule has 190 valence electrons. The summed E-state index contributed by atoms with van der Waals surface area (Å²) >= 11 is 0. The number of benzene rings is 6. The van der Waals surface area contributed by atoms with Crippen molar-refractivity contribution in [2.75, 3.05) is 4.90 Å². The standard InChI is InChI=1S/C36H23NO3/c38-34-32-23-27-21-25-13-11-10-12-24(25)20-26(27)22-31(32)33(36(35(34)39)40-30-18-8-3-9-19-30)37(28-14-4-1-5-15-28)29-16-6-2-7-17-29/h1-23H. The molecule has 0 radical (unpaired) electrons. The Morgan fingerprint density at radius 1 is 0.450 bits per heavy atom. The molecule has 1 aliphatic carbocycles. The van der Waals surface area contributed by atoms with E-state index in [1.807, 2.05) is 114 Å². The molecular formula is C36H23NO3. The van der Waals surface area contributed by atoms with Crippen molar-refractivity contribution in [3.8, 4) is 5.75 Å². The molecule has 0 fully saturated rings. The Balaban J connectivity index is 1.56. The summed E-state index contributed by atoms with van der Waals surface area (Å²) in [5, 5.41) is 4.04. The number of anilines is 2. The van der Waals surface area contributed by atoms with Crippen molar-refractivity contribution in [3.05, 3.63) is 156 Å². The SMILES string of the molecule is O=C1C(=O)c2cc3cc4ccccc4cc3cc2C(N(c2ccccc2)c2ccccc2)=C1Oc1ccccc1. The van der Waals surface area contributed by atoms with E-state index in [1.54, 1.807) is 12.1 Å². The van der Waals surface area contributed by atoms with Crippen LogP contribution >= 0.6 is 0 Å². The van der Waals surface area contributed by atoms with Gasteiger partial charge in [0.2, 0.25) is 11.5 Å². The molecule has 4 heteroatoms. The molecule has 6 aromatic rings. The number of rotatable bonds is 5. The Kier molecular flexibility index (Phi) is 5.72. The summed E-state index contributed by atoms with van der Waals surface area (Å²) in [6.45, 7) is 0. The molecule has 0 saturated carbocycles. The second-order valence-electron chi connectivity index (χ2n) is 9.70. The predicted octanol–water partition coefficient (Wildman–Crippen LogP) is 8.34. The van der Waals surface area contributed by atoms with Crippen LogP contribution in [0.25, 0.3) is 27.2 Å². The third kappa shape index (κ3) is 4.03. The number of carbonyl (C=O) groups excluding carboxylic acids is 2. The molecule has 0 aliphatic heterocycles. The maximum absolute atomic E-state index is 13.9. The maximum atomic E-state index is 13.9. The van der Waals surface area contributed by atoms with E-state index in [4.69, 9.17) is 4.74 Å². The third-order valence-corrected chi connectivity index (χ3v) is 7.18. The van der Waals surface area contributed by atoms with E-state index < -0.39 is 11.6 Å². The molecule has 0 bridgehead atoms. The molecule has 40 heavy (non-hydrogen) atoms. The van der Waals surface area contributed by atoms with Gasteiger partial charge in [0, 0.05) is 22.5 Å². The number of Topliss-reactive ketones (excluding diaryl/α,β-unsaturated/α-hetero) is 2. The van der Waals surface area contributed by atoms with Gasteiger partial charge in [-0.1, -0.05) is 78.9 Å². The zero-order valence-electron chi connectivity index (χ0n) is 21.5. The number of ether oxygens (including phenoxy) is 1. The van der Waals surface area contributed by atoms with Crippen LogP contribution in [0.1, 0.15) is 15.9 Å². The third-order valence-electron chi connectivity index (χ3n) is 7.18.